The molecule has 3 N–H and O–H groups in total. The molecule has 1 aliphatic heterocycles. The third-order valence-corrected chi connectivity index (χ3v) is 3.85. The number of nitrogens with one attached hydrogen (secondary N) is 2. The Hall–Kier alpha value is -2.36. The van der Waals surface area contributed by atoms with Gasteiger partial charge in [0, 0.05) is 25.7 Å². The number of guanidine groups is 1. The van der Waals surface area contributed by atoms with Gasteiger partial charge in [0.15, 0.2) is 17.5 Å². The molecule has 0 fully saturated rings. The number of aromatic hydroxyl groups is 1. The summed E-state index contributed by atoms with van der Waals surface area (Å²) in [5.41, 5.74) is 1.78. The van der Waals surface area contributed by atoms with Crippen LogP contribution in [0.25, 0.3) is 0 Å². The van der Waals surface area contributed by atoms with E-state index in [9.17, 15) is 5.11 Å². The Morgan fingerprint density at radius 3 is 2.65 bits per heavy atom. The van der Waals surface area contributed by atoms with Crippen LogP contribution in [0.5, 0.6) is 23.0 Å². The molecule has 0 amide bonds. The van der Waals surface area contributed by atoms with Crippen LogP contribution in [-0.4, -0.2) is 32.0 Å². The maximum Gasteiger partial charge on any atom is 0.231 e. The Morgan fingerprint density at radius 2 is 1.88 bits per heavy atom. The lowest BCUT2D eigenvalue weighted by atomic mass is 10.2. The van der Waals surface area contributed by atoms with Crippen molar-refractivity contribution in [1.29, 1.82) is 0 Å². The Morgan fingerprint density at radius 1 is 1.12 bits per heavy atom. The van der Waals surface area contributed by atoms with Crippen molar-refractivity contribution in [2.45, 2.75) is 13.1 Å². The molecule has 8 heteroatoms. The average Bonchev–Trinajstić information content (AvgIpc) is 3.11. The summed E-state index contributed by atoms with van der Waals surface area (Å²) < 4.78 is 15.9. The molecule has 0 aliphatic carbocycles. The van der Waals surface area contributed by atoms with Crippen molar-refractivity contribution in [1.82, 2.24) is 10.6 Å². The smallest absolute Gasteiger partial charge is 0.231 e. The largest absolute Gasteiger partial charge is 0.508 e. The van der Waals surface area contributed by atoms with Crippen LogP contribution < -0.4 is 24.8 Å². The van der Waals surface area contributed by atoms with Gasteiger partial charge in [-0.3, -0.25) is 4.99 Å². The van der Waals surface area contributed by atoms with Gasteiger partial charge in [-0.1, -0.05) is 6.07 Å². The highest BCUT2D eigenvalue weighted by Crippen LogP contribution is 2.32. The van der Waals surface area contributed by atoms with Gasteiger partial charge in [-0.2, -0.15) is 0 Å². The second-order valence-electron chi connectivity index (χ2n) is 5.46. The maximum atomic E-state index is 9.93. The van der Waals surface area contributed by atoms with Crippen molar-refractivity contribution >= 4 is 29.9 Å². The third kappa shape index (κ3) is 4.84. The third-order valence-electron chi connectivity index (χ3n) is 3.85. The molecule has 26 heavy (non-hydrogen) atoms. The number of phenolic OH excluding ortho intramolecular Hbond substituents is 1. The van der Waals surface area contributed by atoms with Gasteiger partial charge in [0.1, 0.15) is 11.5 Å². The molecular formula is C18H22IN3O4. The molecule has 0 radical (unpaired) electrons. The highest BCUT2D eigenvalue weighted by Gasteiger charge is 2.13. The van der Waals surface area contributed by atoms with Gasteiger partial charge in [-0.15, -0.1) is 24.0 Å². The number of rotatable bonds is 5. The quantitative estimate of drug-likeness (QED) is 0.354. The lowest BCUT2D eigenvalue weighted by Gasteiger charge is -2.13. The number of fused-ring (bicyclic) bond motifs is 1. The molecule has 7 nitrogen and oxygen atoms in total. The van der Waals surface area contributed by atoms with Crippen LogP contribution >= 0.6 is 24.0 Å². The van der Waals surface area contributed by atoms with Gasteiger partial charge in [0.25, 0.3) is 0 Å². The number of methoxy groups -OCH3 is 1. The van der Waals surface area contributed by atoms with Crippen LogP contribution in [0.3, 0.4) is 0 Å². The van der Waals surface area contributed by atoms with E-state index in [1.54, 1.807) is 32.4 Å². The average molecular weight is 471 g/mol. The highest BCUT2D eigenvalue weighted by atomic mass is 127. The molecule has 0 aromatic heterocycles. The van der Waals surface area contributed by atoms with Crippen molar-refractivity contribution < 1.29 is 19.3 Å². The maximum absolute atomic E-state index is 9.93. The van der Waals surface area contributed by atoms with Crippen molar-refractivity contribution in [3.8, 4) is 23.0 Å². The highest BCUT2D eigenvalue weighted by molar-refractivity contribution is 14.0. The van der Waals surface area contributed by atoms with E-state index < -0.39 is 0 Å². The van der Waals surface area contributed by atoms with Crippen LogP contribution in [0.1, 0.15) is 11.1 Å². The molecule has 140 valence electrons. The van der Waals surface area contributed by atoms with Crippen molar-refractivity contribution in [2.75, 3.05) is 21.0 Å². The number of aliphatic imine (C=N–C) groups is 1. The molecule has 2 aromatic rings. The van der Waals surface area contributed by atoms with E-state index in [2.05, 4.69) is 15.6 Å². The van der Waals surface area contributed by atoms with Gasteiger partial charge < -0.3 is 30.0 Å². The number of hydrogen-bond donors (Lipinski definition) is 3. The Balaban J connectivity index is 0.00000243. The number of phenols is 1. The first kappa shape index (κ1) is 20.0. The van der Waals surface area contributed by atoms with Crippen molar-refractivity contribution in [2.24, 2.45) is 4.99 Å². The number of nitrogens with zero attached hydrogens (tertiary/aromatic N) is 1. The van der Waals surface area contributed by atoms with Crippen LogP contribution in [-0.2, 0) is 13.1 Å². The minimum atomic E-state index is 0. The molecule has 1 aliphatic rings. The lowest BCUT2D eigenvalue weighted by molar-refractivity contribution is 0.174. The number of hydrogen-bond acceptors (Lipinski definition) is 5. The van der Waals surface area contributed by atoms with Crippen LogP contribution in [0, 0.1) is 0 Å². The second-order valence-corrected chi connectivity index (χ2v) is 5.46. The molecule has 1 heterocycles. The minimum absolute atomic E-state index is 0. The van der Waals surface area contributed by atoms with Crippen LogP contribution in [0.15, 0.2) is 41.4 Å². The number of benzene rings is 2. The van der Waals surface area contributed by atoms with Gasteiger partial charge >= 0.3 is 0 Å². The first-order chi connectivity index (χ1) is 12.2. The zero-order chi connectivity index (χ0) is 17.6. The normalized spacial score (nSPS) is 12.3. The van der Waals surface area contributed by atoms with E-state index in [1.165, 1.54) is 0 Å². The molecule has 0 unspecified atom stereocenters. The number of ether oxygens (including phenoxy) is 3. The fourth-order valence-electron chi connectivity index (χ4n) is 2.47. The molecule has 3 rings (SSSR count). The summed E-state index contributed by atoms with van der Waals surface area (Å²) in [4.78, 5) is 4.19. The van der Waals surface area contributed by atoms with Crippen LogP contribution in [0.2, 0.25) is 0 Å². The predicted octanol–water partition coefficient (Wildman–Crippen LogP) is 2.61. The molecule has 0 spiro atoms. The monoisotopic (exact) mass is 471 g/mol. The van der Waals surface area contributed by atoms with Gasteiger partial charge in [0.05, 0.1) is 7.11 Å². The van der Waals surface area contributed by atoms with E-state index in [-0.39, 0.29) is 36.5 Å². The molecule has 0 atom stereocenters. The minimum Gasteiger partial charge on any atom is -0.508 e. The molecule has 0 saturated carbocycles. The summed E-state index contributed by atoms with van der Waals surface area (Å²) in [7, 11) is 3.29. The summed E-state index contributed by atoms with van der Waals surface area (Å²) in [6, 6.07) is 10.9. The summed E-state index contributed by atoms with van der Waals surface area (Å²) in [6.07, 6.45) is 0. The first-order valence-electron chi connectivity index (χ1n) is 7.88. The standard InChI is InChI=1S/C18H21N3O4.HI/c1-19-18(21-10-13-8-14(23-2)4-5-15(13)22)20-9-12-3-6-16-17(7-12)25-11-24-16;/h3-8,22H,9-11H2,1-2H3,(H2,19,20,21);1H. The van der Waals surface area contributed by atoms with Gasteiger partial charge in [-0.05, 0) is 35.9 Å². The zero-order valence-electron chi connectivity index (χ0n) is 14.6. The predicted molar refractivity (Wildman–Crippen MR) is 110 cm³/mol. The van der Waals surface area contributed by atoms with Gasteiger partial charge in [-0.25, -0.2) is 0 Å². The summed E-state index contributed by atoms with van der Waals surface area (Å²) in [5, 5.41) is 16.3. The Kier molecular flexibility index (Phi) is 7.19. The summed E-state index contributed by atoms with van der Waals surface area (Å²) in [6.45, 7) is 1.27. The lowest BCUT2D eigenvalue weighted by Crippen LogP contribution is -2.36. The first-order valence-corrected chi connectivity index (χ1v) is 7.88. The Bertz CT molecular complexity index is 783. The SMILES string of the molecule is CN=C(NCc1ccc2c(c1)OCO2)NCc1cc(OC)ccc1O.I. The fraction of sp³-hybridized carbons (Fsp3) is 0.278. The Labute approximate surface area is 169 Å². The molecule has 0 bridgehead atoms. The molecular weight excluding hydrogens is 449 g/mol. The topological polar surface area (TPSA) is 84.3 Å². The van der Waals surface area contributed by atoms with Gasteiger partial charge in [0.2, 0.25) is 6.79 Å². The van der Waals surface area contributed by atoms with Crippen LogP contribution in [0.4, 0.5) is 0 Å². The van der Waals surface area contributed by atoms with E-state index in [0.29, 0.717) is 24.8 Å². The second kappa shape index (κ2) is 9.37. The van der Waals surface area contributed by atoms with E-state index >= 15 is 0 Å². The summed E-state index contributed by atoms with van der Waals surface area (Å²) in [5.74, 6) is 3.04. The fourth-order valence-corrected chi connectivity index (χ4v) is 2.47. The summed E-state index contributed by atoms with van der Waals surface area (Å²) >= 11 is 0. The van der Waals surface area contributed by atoms with Crippen molar-refractivity contribution in [3.05, 3.63) is 47.5 Å². The number of halogens is 1. The van der Waals surface area contributed by atoms with E-state index in [4.69, 9.17) is 14.2 Å². The zero-order valence-corrected chi connectivity index (χ0v) is 16.9. The molecule has 2 aromatic carbocycles. The van der Waals surface area contributed by atoms with E-state index in [1.807, 2.05) is 18.2 Å². The van der Waals surface area contributed by atoms with Crippen molar-refractivity contribution in [3.63, 3.8) is 0 Å². The van der Waals surface area contributed by atoms with E-state index in [0.717, 1.165) is 22.6 Å². The molecule has 0 saturated heterocycles.